The smallest absolute Gasteiger partial charge is 0.311 e. The molecule has 0 bridgehead atoms. The van der Waals surface area contributed by atoms with Gasteiger partial charge in [0, 0.05) is 39.1 Å². The Morgan fingerprint density at radius 1 is 1.43 bits per heavy atom. The molecule has 0 saturated carbocycles. The lowest BCUT2D eigenvalue weighted by atomic mass is 10.2. The first-order chi connectivity index (χ1) is 9.95. The van der Waals surface area contributed by atoms with Crippen LogP contribution in [0.1, 0.15) is 18.7 Å². The normalized spacial score (nSPS) is 10.7. The number of nitrogens with zero attached hydrogens (tertiary/aromatic N) is 1. The van der Waals surface area contributed by atoms with Crippen molar-refractivity contribution in [3.63, 3.8) is 0 Å². The van der Waals surface area contributed by atoms with Gasteiger partial charge in [-0.05, 0) is 41.9 Å². The van der Waals surface area contributed by atoms with E-state index in [1.54, 1.807) is 23.5 Å². The number of ether oxygens (including phenoxy) is 1. The molecule has 1 heterocycles. The first-order valence-electron chi connectivity index (χ1n) is 6.37. The number of halogens is 1. The zero-order valence-electron chi connectivity index (χ0n) is 11.6. The van der Waals surface area contributed by atoms with Gasteiger partial charge in [0.15, 0.2) is 5.75 Å². The zero-order chi connectivity index (χ0) is 15.4. The molecule has 0 aliphatic heterocycles. The number of hydrogen-bond acceptors (Lipinski definition) is 5. The van der Waals surface area contributed by atoms with E-state index in [1.165, 1.54) is 10.9 Å². The Bertz CT molecular complexity index is 643. The number of rotatable bonds is 6. The van der Waals surface area contributed by atoms with E-state index < -0.39 is 4.92 Å². The van der Waals surface area contributed by atoms with E-state index in [0.717, 1.165) is 10.2 Å². The topological polar surface area (TPSA) is 64.4 Å². The molecule has 1 aromatic carbocycles. The Morgan fingerprint density at radius 2 is 2.19 bits per heavy atom. The monoisotopic (exact) mass is 370 g/mol. The summed E-state index contributed by atoms with van der Waals surface area (Å²) in [5.74, 6) is 0.285. The number of nitro benzene ring substituents is 1. The van der Waals surface area contributed by atoms with Crippen LogP contribution in [-0.4, -0.2) is 11.0 Å². The molecule has 0 spiro atoms. The second-order valence-electron chi connectivity index (χ2n) is 4.69. The van der Waals surface area contributed by atoms with Crippen LogP contribution in [0.15, 0.2) is 34.1 Å². The van der Waals surface area contributed by atoms with E-state index in [4.69, 9.17) is 4.74 Å². The number of hydrogen-bond donors (Lipinski definition) is 1. The van der Waals surface area contributed by atoms with Crippen molar-refractivity contribution in [1.82, 2.24) is 0 Å². The maximum atomic E-state index is 11.0. The van der Waals surface area contributed by atoms with Gasteiger partial charge in [0.1, 0.15) is 0 Å². The van der Waals surface area contributed by atoms with Gasteiger partial charge in [-0.1, -0.05) is 0 Å². The number of nitro groups is 1. The van der Waals surface area contributed by atoms with Crippen molar-refractivity contribution in [2.24, 2.45) is 0 Å². The minimum atomic E-state index is -0.433. The summed E-state index contributed by atoms with van der Waals surface area (Å²) in [7, 11) is 0. The van der Waals surface area contributed by atoms with Crippen molar-refractivity contribution in [1.29, 1.82) is 0 Å². The van der Waals surface area contributed by atoms with Crippen LogP contribution >= 0.6 is 27.3 Å². The Hall–Kier alpha value is -1.60. The van der Waals surface area contributed by atoms with Crippen LogP contribution in [0.5, 0.6) is 5.75 Å². The summed E-state index contributed by atoms with van der Waals surface area (Å²) in [4.78, 5) is 11.7. The summed E-state index contributed by atoms with van der Waals surface area (Å²) in [5, 5.41) is 16.3. The minimum Gasteiger partial charge on any atom is -0.484 e. The van der Waals surface area contributed by atoms with Crippen LogP contribution in [-0.2, 0) is 6.54 Å². The average molecular weight is 371 g/mol. The molecular formula is C14H15BrN2O3S. The third-order valence-corrected chi connectivity index (χ3v) is 4.31. The summed E-state index contributed by atoms with van der Waals surface area (Å²) in [6, 6.07) is 6.85. The molecular weight excluding hydrogens is 356 g/mol. The van der Waals surface area contributed by atoms with Crippen molar-refractivity contribution >= 4 is 38.6 Å². The lowest BCUT2D eigenvalue weighted by Crippen LogP contribution is -2.08. The van der Waals surface area contributed by atoms with Crippen molar-refractivity contribution < 1.29 is 9.66 Å². The highest BCUT2D eigenvalue weighted by atomic mass is 79.9. The predicted molar refractivity (Wildman–Crippen MR) is 88.2 cm³/mol. The molecule has 0 amide bonds. The highest BCUT2D eigenvalue weighted by Gasteiger charge is 2.16. The zero-order valence-corrected chi connectivity index (χ0v) is 14.0. The van der Waals surface area contributed by atoms with E-state index in [2.05, 4.69) is 21.2 Å². The fourth-order valence-electron chi connectivity index (χ4n) is 1.76. The lowest BCUT2D eigenvalue weighted by molar-refractivity contribution is -0.386. The SMILES string of the molecule is CC(C)Oc1cc(NCc2cc(Br)cs2)ccc1[N+](=O)[O-]. The second-order valence-corrected chi connectivity index (χ2v) is 6.60. The molecule has 0 unspecified atom stereocenters. The molecule has 2 aromatic rings. The first-order valence-corrected chi connectivity index (χ1v) is 8.05. The van der Waals surface area contributed by atoms with Crippen molar-refractivity contribution in [3.05, 3.63) is 49.1 Å². The van der Waals surface area contributed by atoms with Crippen molar-refractivity contribution in [2.45, 2.75) is 26.5 Å². The van der Waals surface area contributed by atoms with Gasteiger partial charge < -0.3 is 10.1 Å². The molecule has 0 fully saturated rings. The average Bonchev–Trinajstić information content (AvgIpc) is 2.81. The molecule has 0 aliphatic carbocycles. The van der Waals surface area contributed by atoms with Gasteiger partial charge in [-0.15, -0.1) is 11.3 Å². The maximum Gasteiger partial charge on any atom is 0.311 e. The molecule has 7 heteroatoms. The molecule has 1 N–H and O–H groups in total. The van der Waals surface area contributed by atoms with E-state index in [9.17, 15) is 10.1 Å². The van der Waals surface area contributed by atoms with Gasteiger partial charge in [-0.2, -0.15) is 0 Å². The third-order valence-electron chi connectivity index (χ3n) is 2.61. The number of benzene rings is 1. The predicted octanol–water partition coefficient (Wildman–Crippen LogP) is 4.82. The summed E-state index contributed by atoms with van der Waals surface area (Å²) in [6.45, 7) is 4.34. The van der Waals surface area contributed by atoms with Gasteiger partial charge in [-0.25, -0.2) is 0 Å². The standard InChI is InChI=1S/C14H15BrN2O3S/c1-9(2)20-14-6-11(3-4-13(14)17(18)19)16-7-12-5-10(15)8-21-12/h3-6,8-9,16H,7H2,1-2H3. The number of nitrogens with one attached hydrogen (secondary N) is 1. The molecule has 21 heavy (non-hydrogen) atoms. The molecule has 112 valence electrons. The minimum absolute atomic E-state index is 0.0203. The molecule has 0 saturated heterocycles. The lowest BCUT2D eigenvalue weighted by Gasteiger charge is -2.12. The van der Waals surface area contributed by atoms with Crippen LogP contribution in [0.4, 0.5) is 11.4 Å². The van der Waals surface area contributed by atoms with Crippen molar-refractivity contribution in [3.8, 4) is 5.75 Å². The highest BCUT2D eigenvalue weighted by molar-refractivity contribution is 9.10. The van der Waals surface area contributed by atoms with E-state index >= 15 is 0 Å². The molecule has 5 nitrogen and oxygen atoms in total. The van der Waals surface area contributed by atoms with Gasteiger partial charge in [0.05, 0.1) is 11.0 Å². The first kappa shape index (κ1) is 15.8. The Balaban J connectivity index is 2.14. The van der Waals surface area contributed by atoms with Crippen LogP contribution in [0, 0.1) is 10.1 Å². The Morgan fingerprint density at radius 3 is 2.76 bits per heavy atom. The van der Waals surface area contributed by atoms with Gasteiger partial charge in [0.2, 0.25) is 0 Å². The largest absolute Gasteiger partial charge is 0.484 e. The fraction of sp³-hybridized carbons (Fsp3) is 0.286. The number of anilines is 1. The van der Waals surface area contributed by atoms with E-state index in [1.807, 2.05) is 25.3 Å². The van der Waals surface area contributed by atoms with Crippen LogP contribution in [0.2, 0.25) is 0 Å². The van der Waals surface area contributed by atoms with E-state index in [0.29, 0.717) is 6.54 Å². The summed E-state index contributed by atoms with van der Waals surface area (Å²) < 4.78 is 6.57. The molecule has 0 atom stereocenters. The van der Waals surface area contributed by atoms with Crippen LogP contribution < -0.4 is 10.1 Å². The van der Waals surface area contributed by atoms with E-state index in [-0.39, 0.29) is 17.5 Å². The Labute approximate surface area is 135 Å². The third kappa shape index (κ3) is 4.44. The summed E-state index contributed by atoms with van der Waals surface area (Å²) in [5.41, 5.74) is 0.772. The Kier molecular flexibility index (Phi) is 5.19. The quantitative estimate of drug-likeness (QED) is 0.584. The van der Waals surface area contributed by atoms with Gasteiger partial charge in [-0.3, -0.25) is 10.1 Å². The summed E-state index contributed by atoms with van der Waals surface area (Å²) >= 11 is 5.05. The van der Waals surface area contributed by atoms with Crippen LogP contribution in [0.25, 0.3) is 0 Å². The highest BCUT2D eigenvalue weighted by Crippen LogP contribution is 2.31. The fourth-order valence-corrected chi connectivity index (χ4v) is 3.15. The molecule has 1 aromatic heterocycles. The van der Waals surface area contributed by atoms with Gasteiger partial charge in [0.25, 0.3) is 0 Å². The molecule has 0 radical (unpaired) electrons. The van der Waals surface area contributed by atoms with Gasteiger partial charge >= 0.3 is 5.69 Å². The van der Waals surface area contributed by atoms with Crippen molar-refractivity contribution in [2.75, 3.05) is 5.32 Å². The number of thiophene rings is 1. The second kappa shape index (κ2) is 6.91. The summed E-state index contributed by atoms with van der Waals surface area (Å²) in [6.07, 6.45) is -0.118. The van der Waals surface area contributed by atoms with Crippen LogP contribution in [0.3, 0.4) is 0 Å². The molecule has 2 rings (SSSR count). The maximum absolute atomic E-state index is 11.0. The molecule has 0 aliphatic rings.